The van der Waals surface area contributed by atoms with Gasteiger partial charge in [0, 0.05) is 17.8 Å². The number of nitro benzene ring substituents is 2. The third-order valence-corrected chi connectivity index (χ3v) is 2.92. The Morgan fingerprint density at radius 3 is 2.45 bits per heavy atom. The van der Waals surface area contributed by atoms with Crippen LogP contribution in [-0.4, -0.2) is 20.7 Å². The van der Waals surface area contributed by atoms with Crippen molar-refractivity contribution in [3.8, 4) is 0 Å². The topological polar surface area (TPSA) is 128 Å². The van der Waals surface area contributed by atoms with Crippen molar-refractivity contribution in [3.05, 3.63) is 67.9 Å². The van der Waals surface area contributed by atoms with Crippen LogP contribution >= 0.6 is 0 Å². The first-order chi connectivity index (χ1) is 10.4. The number of amides is 1. The Hall–Kier alpha value is -3.36. The average molecular weight is 302 g/mol. The molecule has 22 heavy (non-hydrogen) atoms. The van der Waals surface area contributed by atoms with Gasteiger partial charge >= 0.3 is 0 Å². The second-order valence-corrected chi connectivity index (χ2v) is 4.32. The third kappa shape index (κ3) is 3.03. The molecule has 0 aliphatic rings. The van der Waals surface area contributed by atoms with E-state index in [2.05, 4.69) is 10.3 Å². The number of carbonyl (C=O) groups excluding carboxylic acids is 1. The van der Waals surface area contributed by atoms with Gasteiger partial charge in [0.15, 0.2) is 0 Å². The summed E-state index contributed by atoms with van der Waals surface area (Å²) in [6.07, 6.45) is 1.46. The molecule has 1 aromatic heterocycles. The van der Waals surface area contributed by atoms with Crippen LogP contribution < -0.4 is 5.32 Å². The molecule has 9 nitrogen and oxygen atoms in total. The number of benzene rings is 1. The molecular formula is C13H10N4O5. The Kier molecular flexibility index (Phi) is 4.07. The third-order valence-electron chi connectivity index (χ3n) is 2.92. The van der Waals surface area contributed by atoms with Crippen molar-refractivity contribution in [2.75, 3.05) is 5.32 Å². The predicted molar refractivity (Wildman–Crippen MR) is 76.7 cm³/mol. The van der Waals surface area contributed by atoms with Gasteiger partial charge in [0.05, 0.1) is 21.5 Å². The van der Waals surface area contributed by atoms with Crippen LogP contribution in [0.25, 0.3) is 0 Å². The molecule has 1 heterocycles. The summed E-state index contributed by atoms with van der Waals surface area (Å²) < 4.78 is 0. The highest BCUT2D eigenvalue weighted by Gasteiger charge is 2.24. The minimum Gasteiger partial charge on any atom is -0.307 e. The lowest BCUT2D eigenvalue weighted by Gasteiger charge is -2.07. The normalized spacial score (nSPS) is 10.0. The van der Waals surface area contributed by atoms with E-state index in [1.165, 1.54) is 19.2 Å². The van der Waals surface area contributed by atoms with Gasteiger partial charge in [-0.05, 0) is 19.1 Å². The summed E-state index contributed by atoms with van der Waals surface area (Å²) in [6.45, 7) is 1.36. The van der Waals surface area contributed by atoms with Gasteiger partial charge in [-0.2, -0.15) is 0 Å². The Bertz CT molecular complexity index is 761. The maximum absolute atomic E-state index is 12.2. The summed E-state index contributed by atoms with van der Waals surface area (Å²) in [5.41, 5.74) is -1.11. The number of nitro groups is 2. The Morgan fingerprint density at radius 2 is 1.91 bits per heavy atom. The van der Waals surface area contributed by atoms with E-state index in [1.54, 1.807) is 12.1 Å². The summed E-state index contributed by atoms with van der Waals surface area (Å²) in [7, 11) is 0. The fraction of sp³-hybridized carbons (Fsp3) is 0.0769. The number of anilines is 1. The van der Waals surface area contributed by atoms with E-state index < -0.39 is 27.1 Å². The fourth-order valence-electron chi connectivity index (χ4n) is 1.84. The minimum absolute atomic E-state index is 0.0454. The molecule has 0 radical (unpaired) electrons. The first kappa shape index (κ1) is 15.0. The van der Waals surface area contributed by atoms with Crippen molar-refractivity contribution in [1.29, 1.82) is 0 Å². The molecule has 0 saturated heterocycles. The highest BCUT2D eigenvalue weighted by atomic mass is 16.6. The number of carbonyl (C=O) groups is 1. The maximum Gasteiger partial charge on any atom is 0.279 e. The van der Waals surface area contributed by atoms with Crippen molar-refractivity contribution < 1.29 is 14.6 Å². The number of aromatic nitrogens is 1. The van der Waals surface area contributed by atoms with E-state index in [0.717, 1.165) is 12.1 Å². The number of nitrogens with zero attached hydrogens (tertiary/aromatic N) is 3. The second kappa shape index (κ2) is 5.95. The molecule has 0 unspecified atom stereocenters. The SMILES string of the molecule is Cc1c(C(=O)Nc2ccccn2)cc([N+](=O)[O-])cc1[N+](=O)[O-]. The van der Waals surface area contributed by atoms with Gasteiger partial charge in [-0.1, -0.05) is 6.07 Å². The van der Waals surface area contributed by atoms with Crippen molar-refractivity contribution in [3.63, 3.8) is 0 Å². The number of nitrogens with one attached hydrogen (secondary N) is 1. The van der Waals surface area contributed by atoms with Crippen molar-refractivity contribution in [2.45, 2.75) is 6.92 Å². The Morgan fingerprint density at radius 1 is 1.18 bits per heavy atom. The summed E-state index contributed by atoms with van der Waals surface area (Å²) in [5, 5.41) is 24.3. The molecule has 0 aliphatic carbocycles. The second-order valence-electron chi connectivity index (χ2n) is 4.32. The van der Waals surface area contributed by atoms with Gasteiger partial charge in [0.1, 0.15) is 5.82 Å². The average Bonchev–Trinajstić information content (AvgIpc) is 2.47. The van der Waals surface area contributed by atoms with Crippen molar-refractivity contribution in [1.82, 2.24) is 4.98 Å². The smallest absolute Gasteiger partial charge is 0.279 e. The van der Waals surface area contributed by atoms with Crippen LogP contribution in [0.3, 0.4) is 0 Å². The molecule has 0 atom stereocenters. The van der Waals surface area contributed by atoms with Crippen LogP contribution in [0.15, 0.2) is 36.5 Å². The molecule has 0 saturated carbocycles. The maximum atomic E-state index is 12.2. The van der Waals surface area contributed by atoms with Gasteiger partial charge < -0.3 is 5.32 Å². The van der Waals surface area contributed by atoms with Gasteiger partial charge in [-0.3, -0.25) is 25.0 Å². The van der Waals surface area contributed by atoms with Crippen LogP contribution in [-0.2, 0) is 0 Å². The number of rotatable bonds is 4. The Balaban J connectivity index is 2.47. The monoisotopic (exact) mass is 302 g/mol. The van der Waals surface area contributed by atoms with E-state index in [9.17, 15) is 25.0 Å². The predicted octanol–water partition coefficient (Wildman–Crippen LogP) is 2.46. The largest absolute Gasteiger partial charge is 0.307 e. The van der Waals surface area contributed by atoms with Gasteiger partial charge in [-0.25, -0.2) is 4.98 Å². The number of hydrogen-bond donors (Lipinski definition) is 1. The summed E-state index contributed by atoms with van der Waals surface area (Å²) in [6, 6.07) is 6.65. The van der Waals surface area contributed by atoms with Crippen LogP contribution in [0.2, 0.25) is 0 Å². The van der Waals surface area contributed by atoms with E-state index in [1.807, 2.05) is 0 Å². The molecule has 0 aliphatic heterocycles. The van der Waals surface area contributed by atoms with Gasteiger partial charge in [0.2, 0.25) is 0 Å². The van der Waals surface area contributed by atoms with Crippen LogP contribution in [0.4, 0.5) is 17.2 Å². The summed E-state index contributed by atoms with van der Waals surface area (Å²) >= 11 is 0. The number of hydrogen-bond acceptors (Lipinski definition) is 6. The lowest BCUT2D eigenvalue weighted by Crippen LogP contribution is -2.15. The molecule has 9 heteroatoms. The van der Waals surface area contributed by atoms with Gasteiger partial charge in [0.25, 0.3) is 17.3 Å². The minimum atomic E-state index is -0.788. The van der Waals surface area contributed by atoms with Crippen molar-refractivity contribution >= 4 is 23.1 Å². The van der Waals surface area contributed by atoms with Crippen LogP contribution in [0.5, 0.6) is 0 Å². The first-order valence-corrected chi connectivity index (χ1v) is 6.06. The number of pyridine rings is 1. The quantitative estimate of drug-likeness (QED) is 0.682. The molecule has 0 bridgehead atoms. The zero-order valence-corrected chi connectivity index (χ0v) is 11.3. The van der Waals surface area contributed by atoms with Crippen LogP contribution in [0.1, 0.15) is 15.9 Å². The molecule has 2 rings (SSSR count). The lowest BCUT2D eigenvalue weighted by atomic mass is 10.0. The molecule has 2 aromatic rings. The number of non-ortho nitro benzene ring substituents is 1. The highest BCUT2D eigenvalue weighted by Crippen LogP contribution is 2.28. The molecule has 1 N–H and O–H groups in total. The van der Waals surface area contributed by atoms with E-state index >= 15 is 0 Å². The fourth-order valence-corrected chi connectivity index (χ4v) is 1.84. The van der Waals surface area contributed by atoms with E-state index in [0.29, 0.717) is 0 Å². The van der Waals surface area contributed by atoms with E-state index in [-0.39, 0.29) is 16.9 Å². The highest BCUT2D eigenvalue weighted by molar-refractivity contribution is 6.05. The van der Waals surface area contributed by atoms with E-state index in [4.69, 9.17) is 0 Å². The molecule has 1 amide bonds. The summed E-state index contributed by atoms with van der Waals surface area (Å²) in [5.74, 6) is -0.468. The molecule has 112 valence electrons. The molecule has 0 fully saturated rings. The molecular weight excluding hydrogens is 292 g/mol. The summed E-state index contributed by atoms with van der Waals surface area (Å²) in [4.78, 5) is 36.4. The standard InChI is InChI=1S/C13H10N4O5/c1-8-10(13(18)15-12-4-2-3-5-14-12)6-9(16(19)20)7-11(8)17(21)22/h2-7H,1H3,(H,14,15,18). The zero-order chi connectivity index (χ0) is 16.3. The first-order valence-electron chi connectivity index (χ1n) is 6.06. The lowest BCUT2D eigenvalue weighted by molar-refractivity contribution is -0.394. The Labute approximate surface area is 123 Å². The zero-order valence-electron chi connectivity index (χ0n) is 11.3. The van der Waals surface area contributed by atoms with Crippen LogP contribution in [0, 0.1) is 27.2 Å². The van der Waals surface area contributed by atoms with Gasteiger partial charge in [-0.15, -0.1) is 0 Å². The molecule has 0 spiro atoms. The van der Waals surface area contributed by atoms with Crippen molar-refractivity contribution in [2.24, 2.45) is 0 Å². The molecule has 1 aromatic carbocycles.